The van der Waals surface area contributed by atoms with Gasteiger partial charge in [-0.25, -0.2) is 4.98 Å². The Morgan fingerprint density at radius 1 is 0.966 bits per heavy atom. The highest BCUT2D eigenvalue weighted by Crippen LogP contribution is 2.38. The first-order valence-corrected chi connectivity index (χ1v) is 10.9. The summed E-state index contributed by atoms with van der Waals surface area (Å²) in [6, 6.07) is 18.4. The summed E-state index contributed by atoms with van der Waals surface area (Å²) >= 11 is 1.68. The summed E-state index contributed by atoms with van der Waals surface area (Å²) in [5.74, 6) is 1.78. The highest BCUT2D eigenvalue weighted by molar-refractivity contribution is 7.99. The predicted molar refractivity (Wildman–Crippen MR) is 120 cm³/mol. The number of nitrogens with one attached hydrogen (secondary N) is 1. The molecular weight excluding hydrogens is 378 g/mol. The zero-order valence-electron chi connectivity index (χ0n) is 16.6. The van der Waals surface area contributed by atoms with Crippen LogP contribution in [0.5, 0.6) is 5.75 Å². The summed E-state index contributed by atoms with van der Waals surface area (Å²) < 4.78 is 6.19. The molecule has 0 saturated heterocycles. The molecule has 0 fully saturated rings. The molecule has 2 aromatic heterocycles. The summed E-state index contributed by atoms with van der Waals surface area (Å²) in [5, 5.41) is 0. The minimum absolute atomic E-state index is 0.731. The van der Waals surface area contributed by atoms with Gasteiger partial charge in [0.15, 0.2) is 0 Å². The molecule has 4 aromatic rings. The van der Waals surface area contributed by atoms with Crippen LogP contribution in [0.15, 0.2) is 76.8 Å². The molecule has 0 radical (unpaired) electrons. The van der Waals surface area contributed by atoms with Crippen molar-refractivity contribution in [3.63, 3.8) is 0 Å². The second-order valence-corrected chi connectivity index (χ2v) is 8.08. The molecule has 0 atom stereocenters. The van der Waals surface area contributed by atoms with Crippen molar-refractivity contribution in [2.45, 2.75) is 42.4 Å². The zero-order valence-corrected chi connectivity index (χ0v) is 17.4. The van der Waals surface area contributed by atoms with Gasteiger partial charge in [-0.2, -0.15) is 0 Å². The lowest BCUT2D eigenvalue weighted by Gasteiger charge is -2.11. The molecule has 0 aliphatic rings. The monoisotopic (exact) mass is 403 g/mol. The molecule has 5 heteroatoms. The second kappa shape index (κ2) is 9.61. The number of ether oxygens (including phenoxy) is 1. The average Bonchev–Trinajstić information content (AvgIpc) is 3.18. The number of benzene rings is 2. The molecule has 0 aliphatic carbocycles. The van der Waals surface area contributed by atoms with E-state index in [1.807, 2.05) is 42.7 Å². The summed E-state index contributed by atoms with van der Waals surface area (Å²) in [6.45, 7) is 2.95. The maximum Gasteiger partial charge on any atom is 0.138 e. The Labute approximate surface area is 175 Å². The topological polar surface area (TPSA) is 50.8 Å². The number of H-pyrrole nitrogens is 1. The molecule has 0 spiro atoms. The maximum atomic E-state index is 6.19. The van der Waals surface area contributed by atoms with Gasteiger partial charge >= 0.3 is 0 Å². The second-order valence-electron chi connectivity index (χ2n) is 6.96. The van der Waals surface area contributed by atoms with Crippen LogP contribution in [-0.4, -0.2) is 21.6 Å². The van der Waals surface area contributed by atoms with Gasteiger partial charge in [0, 0.05) is 28.9 Å². The quantitative estimate of drug-likeness (QED) is 0.315. The van der Waals surface area contributed by atoms with Crippen LogP contribution in [0.4, 0.5) is 0 Å². The van der Waals surface area contributed by atoms with Crippen LogP contribution in [0, 0.1) is 0 Å². The van der Waals surface area contributed by atoms with Gasteiger partial charge < -0.3 is 9.72 Å². The fraction of sp³-hybridized carbons (Fsp3) is 0.250. The lowest BCUT2D eigenvalue weighted by molar-refractivity contribution is 0.299. The van der Waals surface area contributed by atoms with Crippen molar-refractivity contribution in [3.8, 4) is 17.1 Å². The normalized spacial score (nSPS) is 11.1. The molecule has 1 N–H and O–H groups in total. The Kier molecular flexibility index (Phi) is 6.47. The van der Waals surface area contributed by atoms with E-state index < -0.39 is 0 Å². The van der Waals surface area contributed by atoms with Gasteiger partial charge in [0.05, 0.1) is 22.5 Å². The first-order valence-electron chi connectivity index (χ1n) is 10.1. The van der Waals surface area contributed by atoms with E-state index >= 15 is 0 Å². The Balaban J connectivity index is 1.64. The van der Waals surface area contributed by atoms with Crippen LogP contribution >= 0.6 is 11.8 Å². The highest BCUT2D eigenvalue weighted by atomic mass is 32.2. The van der Waals surface area contributed by atoms with E-state index in [2.05, 4.69) is 41.2 Å². The maximum absolute atomic E-state index is 6.19. The van der Waals surface area contributed by atoms with Crippen LogP contribution < -0.4 is 4.74 Å². The van der Waals surface area contributed by atoms with Gasteiger partial charge in [0.2, 0.25) is 0 Å². The molecule has 0 saturated carbocycles. The SMILES string of the molecule is CCCCCCOc1cc2[nH]c(-c3ccccc3)nc2cc1Sc1ccncc1. The fourth-order valence-electron chi connectivity index (χ4n) is 3.19. The minimum Gasteiger partial charge on any atom is -0.492 e. The Bertz CT molecular complexity index is 1050. The standard InChI is InChI=1S/C24H25N3OS/c1-2-3-4-8-15-28-22-16-20-21(17-23(22)29-19-11-13-25-14-12-19)27-24(26-20)18-9-6-5-7-10-18/h5-7,9-14,16-17H,2-4,8,15H2,1H3,(H,26,27). The number of aromatic amines is 1. The summed E-state index contributed by atoms with van der Waals surface area (Å²) in [7, 11) is 0. The number of nitrogens with zero attached hydrogens (tertiary/aromatic N) is 2. The van der Waals surface area contributed by atoms with E-state index in [0.717, 1.165) is 51.0 Å². The van der Waals surface area contributed by atoms with Gasteiger partial charge in [-0.05, 0) is 24.6 Å². The molecule has 2 aromatic carbocycles. The number of imidazole rings is 1. The number of unbranched alkanes of at least 4 members (excludes halogenated alkanes) is 3. The molecule has 29 heavy (non-hydrogen) atoms. The van der Waals surface area contributed by atoms with Crippen LogP contribution in [-0.2, 0) is 0 Å². The summed E-state index contributed by atoms with van der Waals surface area (Å²) in [5.41, 5.74) is 3.01. The first-order chi connectivity index (χ1) is 14.3. The molecule has 2 heterocycles. The Hall–Kier alpha value is -2.79. The van der Waals surface area contributed by atoms with Gasteiger partial charge in [0.25, 0.3) is 0 Å². The van der Waals surface area contributed by atoms with Crippen molar-refractivity contribution >= 4 is 22.8 Å². The number of rotatable bonds is 9. The highest BCUT2D eigenvalue weighted by Gasteiger charge is 2.12. The van der Waals surface area contributed by atoms with E-state index in [9.17, 15) is 0 Å². The third-order valence-electron chi connectivity index (χ3n) is 4.73. The van der Waals surface area contributed by atoms with E-state index in [1.165, 1.54) is 19.3 Å². The third kappa shape index (κ3) is 4.98. The van der Waals surface area contributed by atoms with E-state index in [4.69, 9.17) is 9.72 Å². The van der Waals surface area contributed by atoms with Crippen molar-refractivity contribution in [3.05, 3.63) is 67.0 Å². The largest absolute Gasteiger partial charge is 0.492 e. The van der Waals surface area contributed by atoms with Gasteiger partial charge in [0.1, 0.15) is 11.6 Å². The Morgan fingerprint density at radius 3 is 2.59 bits per heavy atom. The molecule has 148 valence electrons. The van der Waals surface area contributed by atoms with Crippen molar-refractivity contribution in [1.82, 2.24) is 15.0 Å². The van der Waals surface area contributed by atoms with E-state index in [1.54, 1.807) is 11.8 Å². The van der Waals surface area contributed by atoms with Crippen LogP contribution in [0.25, 0.3) is 22.4 Å². The summed E-state index contributed by atoms with van der Waals surface area (Å²) in [6.07, 6.45) is 8.38. The third-order valence-corrected chi connectivity index (χ3v) is 5.77. The van der Waals surface area contributed by atoms with Crippen LogP contribution in [0.2, 0.25) is 0 Å². The molecule has 0 unspecified atom stereocenters. The number of hydrogen-bond donors (Lipinski definition) is 1. The molecule has 4 rings (SSSR count). The van der Waals surface area contributed by atoms with Gasteiger partial charge in [-0.1, -0.05) is 68.3 Å². The minimum atomic E-state index is 0.731. The Morgan fingerprint density at radius 2 is 1.79 bits per heavy atom. The molecule has 0 amide bonds. The average molecular weight is 404 g/mol. The molecule has 0 bridgehead atoms. The van der Waals surface area contributed by atoms with Crippen molar-refractivity contribution in [2.24, 2.45) is 0 Å². The number of fused-ring (bicyclic) bond motifs is 1. The lowest BCUT2D eigenvalue weighted by atomic mass is 10.2. The number of hydrogen-bond acceptors (Lipinski definition) is 4. The first kappa shape index (κ1) is 19.5. The van der Waals surface area contributed by atoms with Crippen molar-refractivity contribution in [1.29, 1.82) is 0 Å². The predicted octanol–water partition coefficient (Wildman–Crippen LogP) is 6.74. The van der Waals surface area contributed by atoms with Gasteiger partial charge in [-0.15, -0.1) is 0 Å². The number of aromatic nitrogens is 3. The fourth-order valence-corrected chi connectivity index (χ4v) is 4.09. The number of pyridine rings is 1. The van der Waals surface area contributed by atoms with Crippen molar-refractivity contribution < 1.29 is 4.74 Å². The van der Waals surface area contributed by atoms with Crippen molar-refractivity contribution in [2.75, 3.05) is 6.61 Å². The van der Waals surface area contributed by atoms with E-state index in [0.29, 0.717) is 0 Å². The zero-order chi connectivity index (χ0) is 19.9. The molecule has 4 nitrogen and oxygen atoms in total. The van der Waals surface area contributed by atoms with Crippen LogP contribution in [0.3, 0.4) is 0 Å². The molecule has 0 aliphatic heterocycles. The summed E-state index contributed by atoms with van der Waals surface area (Å²) in [4.78, 5) is 14.6. The van der Waals surface area contributed by atoms with E-state index in [-0.39, 0.29) is 0 Å². The molecular formula is C24H25N3OS. The van der Waals surface area contributed by atoms with Gasteiger partial charge in [-0.3, -0.25) is 4.98 Å². The lowest BCUT2D eigenvalue weighted by Crippen LogP contribution is -1.98. The smallest absolute Gasteiger partial charge is 0.138 e. The van der Waals surface area contributed by atoms with Crippen LogP contribution in [0.1, 0.15) is 32.6 Å².